The van der Waals surface area contributed by atoms with Gasteiger partial charge in [0, 0.05) is 11.1 Å². The number of hydrogen-bond donors (Lipinski definition) is 1. The quantitative estimate of drug-likeness (QED) is 0.773. The molecule has 2 heteroatoms. The molecule has 17 heavy (non-hydrogen) atoms. The molecule has 1 aromatic rings. The van der Waals surface area contributed by atoms with Gasteiger partial charge in [-0.15, -0.1) is 0 Å². The van der Waals surface area contributed by atoms with Gasteiger partial charge in [0.1, 0.15) is 0 Å². The predicted molar refractivity (Wildman–Crippen MR) is 76.7 cm³/mol. The maximum absolute atomic E-state index is 6.13. The minimum Gasteiger partial charge on any atom is -0.313 e. The molecule has 0 aliphatic carbocycles. The Morgan fingerprint density at radius 2 is 1.82 bits per heavy atom. The van der Waals surface area contributed by atoms with E-state index in [0.717, 1.165) is 10.9 Å². The van der Waals surface area contributed by atoms with Crippen molar-refractivity contribution in [2.75, 3.05) is 7.05 Å². The van der Waals surface area contributed by atoms with Gasteiger partial charge in [-0.3, -0.25) is 0 Å². The van der Waals surface area contributed by atoms with Gasteiger partial charge in [-0.25, -0.2) is 0 Å². The highest BCUT2D eigenvalue weighted by atomic mass is 35.5. The van der Waals surface area contributed by atoms with Crippen molar-refractivity contribution in [3.63, 3.8) is 0 Å². The van der Waals surface area contributed by atoms with Gasteiger partial charge in [0.05, 0.1) is 0 Å². The summed E-state index contributed by atoms with van der Waals surface area (Å²) in [5, 5.41) is 4.25. The highest BCUT2D eigenvalue weighted by molar-refractivity contribution is 6.30. The second-order valence-electron chi connectivity index (χ2n) is 4.82. The average molecular weight is 254 g/mol. The smallest absolute Gasteiger partial charge is 0.0411 e. The molecule has 0 radical (unpaired) electrons. The van der Waals surface area contributed by atoms with E-state index in [9.17, 15) is 0 Å². The fraction of sp³-hybridized carbons (Fsp3) is 0.600. The fourth-order valence-corrected chi connectivity index (χ4v) is 2.64. The summed E-state index contributed by atoms with van der Waals surface area (Å²) in [7, 11) is 2.03. The van der Waals surface area contributed by atoms with E-state index in [-0.39, 0.29) is 0 Å². The Balaban J connectivity index is 2.85. The van der Waals surface area contributed by atoms with E-state index in [1.54, 1.807) is 0 Å². The van der Waals surface area contributed by atoms with Crippen LogP contribution in [0, 0.1) is 12.8 Å². The lowest BCUT2D eigenvalue weighted by atomic mass is 9.91. The lowest BCUT2D eigenvalue weighted by Crippen LogP contribution is -2.19. The Labute approximate surface area is 111 Å². The van der Waals surface area contributed by atoms with Crippen LogP contribution in [0.3, 0.4) is 0 Å². The Bertz CT molecular complexity index is 325. The predicted octanol–water partition coefficient (Wildman–Crippen LogP) is 4.74. The molecule has 0 spiro atoms. The van der Waals surface area contributed by atoms with Gasteiger partial charge in [-0.1, -0.05) is 44.4 Å². The Morgan fingerprint density at radius 1 is 1.18 bits per heavy atom. The second-order valence-corrected chi connectivity index (χ2v) is 5.26. The molecule has 0 aromatic heterocycles. The summed E-state index contributed by atoms with van der Waals surface area (Å²) in [6, 6.07) is 6.74. The van der Waals surface area contributed by atoms with Crippen molar-refractivity contribution < 1.29 is 0 Å². The van der Waals surface area contributed by atoms with E-state index < -0.39 is 0 Å². The number of hydrogen-bond acceptors (Lipinski definition) is 1. The number of nitrogens with one attached hydrogen (secondary N) is 1. The maximum atomic E-state index is 6.13. The first-order valence-electron chi connectivity index (χ1n) is 6.55. The normalized spacial score (nSPS) is 13.1. The van der Waals surface area contributed by atoms with Crippen molar-refractivity contribution in [3.05, 3.63) is 34.3 Å². The van der Waals surface area contributed by atoms with Crippen molar-refractivity contribution in [2.45, 2.75) is 46.1 Å². The highest BCUT2D eigenvalue weighted by Gasteiger charge is 2.15. The van der Waals surface area contributed by atoms with E-state index >= 15 is 0 Å². The molecule has 0 aliphatic heterocycles. The number of halogens is 1. The number of rotatable bonds is 6. The molecule has 0 fully saturated rings. The zero-order chi connectivity index (χ0) is 12.8. The summed E-state index contributed by atoms with van der Waals surface area (Å²) >= 11 is 6.13. The van der Waals surface area contributed by atoms with Crippen LogP contribution in [0.2, 0.25) is 5.02 Å². The standard InChI is InChI=1S/C15H24ClN/c1-5-12(6-2)9-15(17-4)13-7-11(3)8-14(16)10-13/h7-8,10,12,15,17H,5-6,9H2,1-4H3. The van der Waals surface area contributed by atoms with Gasteiger partial charge in [-0.2, -0.15) is 0 Å². The van der Waals surface area contributed by atoms with Crippen molar-refractivity contribution in [2.24, 2.45) is 5.92 Å². The van der Waals surface area contributed by atoms with Crippen molar-refractivity contribution in [1.82, 2.24) is 5.32 Å². The van der Waals surface area contributed by atoms with E-state index in [1.807, 2.05) is 13.1 Å². The topological polar surface area (TPSA) is 12.0 Å². The van der Waals surface area contributed by atoms with Gasteiger partial charge in [0.2, 0.25) is 0 Å². The summed E-state index contributed by atoms with van der Waals surface area (Å²) in [6.07, 6.45) is 3.67. The number of aryl methyl sites for hydroxylation is 1. The molecule has 0 saturated heterocycles. The molecule has 0 saturated carbocycles. The largest absolute Gasteiger partial charge is 0.313 e. The molecule has 96 valence electrons. The van der Waals surface area contributed by atoms with E-state index in [0.29, 0.717) is 6.04 Å². The van der Waals surface area contributed by atoms with Crippen LogP contribution in [0.15, 0.2) is 18.2 Å². The summed E-state index contributed by atoms with van der Waals surface area (Å²) in [4.78, 5) is 0. The van der Waals surface area contributed by atoms with Crippen LogP contribution in [0.5, 0.6) is 0 Å². The first-order chi connectivity index (χ1) is 8.10. The fourth-order valence-electron chi connectivity index (χ4n) is 2.34. The van der Waals surface area contributed by atoms with Crippen molar-refractivity contribution in [1.29, 1.82) is 0 Å². The summed E-state index contributed by atoms with van der Waals surface area (Å²) in [5.74, 6) is 0.784. The highest BCUT2D eigenvalue weighted by Crippen LogP contribution is 2.27. The zero-order valence-electron chi connectivity index (χ0n) is 11.4. The van der Waals surface area contributed by atoms with Crippen molar-refractivity contribution >= 4 is 11.6 Å². The Morgan fingerprint density at radius 3 is 2.29 bits per heavy atom. The molecule has 1 N–H and O–H groups in total. The molecule has 1 nitrogen and oxygen atoms in total. The van der Waals surface area contributed by atoms with E-state index in [4.69, 9.17) is 11.6 Å². The van der Waals surface area contributed by atoms with Crippen LogP contribution in [-0.4, -0.2) is 7.05 Å². The van der Waals surface area contributed by atoms with Gasteiger partial charge < -0.3 is 5.32 Å². The zero-order valence-corrected chi connectivity index (χ0v) is 12.1. The van der Waals surface area contributed by atoms with Crippen LogP contribution in [-0.2, 0) is 0 Å². The third kappa shape index (κ3) is 4.33. The molecule has 0 bridgehead atoms. The SMILES string of the molecule is CCC(CC)CC(NC)c1cc(C)cc(Cl)c1. The first kappa shape index (κ1) is 14.5. The molecule has 1 aromatic carbocycles. The lowest BCUT2D eigenvalue weighted by Gasteiger charge is -2.22. The molecule has 1 atom stereocenters. The first-order valence-corrected chi connectivity index (χ1v) is 6.92. The van der Waals surface area contributed by atoms with Gasteiger partial charge in [0.15, 0.2) is 0 Å². The molecule has 1 rings (SSSR count). The molecule has 0 aliphatic rings. The second kappa shape index (κ2) is 7.03. The van der Waals surface area contributed by atoms with Gasteiger partial charge >= 0.3 is 0 Å². The molecule has 0 heterocycles. The summed E-state index contributed by atoms with van der Waals surface area (Å²) in [5.41, 5.74) is 2.54. The summed E-state index contributed by atoms with van der Waals surface area (Å²) in [6.45, 7) is 6.63. The van der Waals surface area contributed by atoms with Crippen LogP contribution < -0.4 is 5.32 Å². The summed E-state index contributed by atoms with van der Waals surface area (Å²) < 4.78 is 0. The Hall–Kier alpha value is -0.530. The van der Waals surface area contributed by atoms with Crippen LogP contribution >= 0.6 is 11.6 Å². The van der Waals surface area contributed by atoms with Crippen LogP contribution in [0.25, 0.3) is 0 Å². The number of benzene rings is 1. The lowest BCUT2D eigenvalue weighted by molar-refractivity contribution is 0.385. The Kier molecular flexibility index (Phi) is 6.01. The third-order valence-electron chi connectivity index (χ3n) is 3.54. The minimum atomic E-state index is 0.414. The third-order valence-corrected chi connectivity index (χ3v) is 3.76. The monoisotopic (exact) mass is 253 g/mol. The molecular formula is C15H24ClN. The molecule has 1 unspecified atom stereocenters. The molecular weight excluding hydrogens is 230 g/mol. The van der Waals surface area contributed by atoms with Crippen LogP contribution in [0.1, 0.15) is 50.3 Å². The van der Waals surface area contributed by atoms with Crippen LogP contribution in [0.4, 0.5) is 0 Å². The maximum Gasteiger partial charge on any atom is 0.0411 e. The van der Waals surface area contributed by atoms with Gasteiger partial charge in [-0.05, 0) is 49.6 Å². The van der Waals surface area contributed by atoms with E-state index in [2.05, 4.69) is 38.2 Å². The minimum absolute atomic E-state index is 0.414. The van der Waals surface area contributed by atoms with Crippen molar-refractivity contribution in [3.8, 4) is 0 Å². The average Bonchev–Trinajstić information content (AvgIpc) is 2.29. The molecule has 0 amide bonds. The van der Waals surface area contributed by atoms with Gasteiger partial charge in [0.25, 0.3) is 0 Å². The van der Waals surface area contributed by atoms with E-state index in [1.165, 1.54) is 30.4 Å².